The van der Waals surface area contributed by atoms with E-state index in [1.54, 1.807) is 18.2 Å². The first-order valence-corrected chi connectivity index (χ1v) is 11.4. The van der Waals surface area contributed by atoms with Gasteiger partial charge in [0, 0.05) is 18.7 Å². The van der Waals surface area contributed by atoms with Crippen molar-refractivity contribution >= 4 is 11.8 Å². The van der Waals surface area contributed by atoms with Gasteiger partial charge in [-0.3, -0.25) is 9.59 Å². The number of carbonyl (C=O) groups excluding carboxylic acids is 2. The highest BCUT2D eigenvalue weighted by Gasteiger charge is 2.33. The van der Waals surface area contributed by atoms with Crippen molar-refractivity contribution in [3.8, 4) is 17.2 Å². The van der Waals surface area contributed by atoms with Crippen LogP contribution < -0.4 is 14.8 Å². The van der Waals surface area contributed by atoms with Crippen molar-refractivity contribution < 1.29 is 24.2 Å². The maximum absolute atomic E-state index is 13.6. The van der Waals surface area contributed by atoms with Gasteiger partial charge in [-0.2, -0.15) is 0 Å². The van der Waals surface area contributed by atoms with E-state index >= 15 is 0 Å². The molecular weight excluding hydrogens is 432 g/mol. The van der Waals surface area contributed by atoms with E-state index in [2.05, 4.69) is 5.32 Å². The number of fused-ring (bicyclic) bond motifs is 8. The van der Waals surface area contributed by atoms with E-state index in [0.29, 0.717) is 49.6 Å². The minimum atomic E-state index is -0.326. The van der Waals surface area contributed by atoms with Gasteiger partial charge in [0.15, 0.2) is 6.61 Å². The number of nitrogens with one attached hydrogen (secondary N) is 1. The van der Waals surface area contributed by atoms with Crippen molar-refractivity contribution in [2.24, 2.45) is 0 Å². The lowest BCUT2D eigenvalue weighted by atomic mass is 9.87. The van der Waals surface area contributed by atoms with E-state index in [1.807, 2.05) is 47.4 Å². The van der Waals surface area contributed by atoms with Gasteiger partial charge in [-0.25, -0.2) is 0 Å². The van der Waals surface area contributed by atoms with E-state index in [0.717, 1.165) is 16.7 Å². The molecule has 0 fully saturated rings. The normalized spacial score (nSPS) is 17.9. The topological polar surface area (TPSA) is 88.1 Å². The summed E-state index contributed by atoms with van der Waals surface area (Å²) in [6.45, 7) is 1.41. The molecule has 0 saturated carbocycles. The number of phenols is 1. The highest BCUT2D eigenvalue weighted by Crippen LogP contribution is 2.38. The first-order valence-electron chi connectivity index (χ1n) is 11.4. The first-order chi connectivity index (χ1) is 16.6. The standard InChI is InChI=1S/C27H26N2O5/c30-21-6-1-5-20(14-21)27(32)29-12-10-18-15-23-8-9-24(18)26(29)19-4-2-7-22(16-19)33-13-3-11-28-25(31)17-34-23/h1-2,4-9,14-16,26,30H,3,10-13,17H2,(H,28,31). The van der Waals surface area contributed by atoms with Gasteiger partial charge in [0.25, 0.3) is 11.8 Å². The largest absolute Gasteiger partial charge is 0.508 e. The molecule has 7 heteroatoms. The molecule has 6 bridgehead atoms. The predicted molar refractivity (Wildman–Crippen MR) is 126 cm³/mol. The number of benzene rings is 3. The molecule has 0 spiro atoms. The van der Waals surface area contributed by atoms with Gasteiger partial charge in [0.2, 0.25) is 0 Å². The zero-order valence-electron chi connectivity index (χ0n) is 18.7. The number of aromatic hydroxyl groups is 1. The molecule has 0 aromatic heterocycles. The molecule has 6 rings (SSSR count). The molecule has 0 saturated heterocycles. The SMILES string of the molecule is O=C1COc2ccc3c(c2)CCN(C(=O)c2cccc(O)c2)C3c2cccc(c2)OCCCN1. The van der Waals surface area contributed by atoms with Crippen LogP contribution in [0.1, 0.15) is 39.5 Å². The zero-order valence-corrected chi connectivity index (χ0v) is 18.7. The van der Waals surface area contributed by atoms with Crippen molar-refractivity contribution in [3.05, 3.63) is 89.0 Å². The molecule has 1 unspecified atom stereocenters. The molecule has 174 valence electrons. The third kappa shape index (κ3) is 4.55. The molecule has 3 aliphatic rings. The van der Waals surface area contributed by atoms with Crippen molar-refractivity contribution in [1.29, 1.82) is 0 Å². The summed E-state index contributed by atoms with van der Waals surface area (Å²) in [5.74, 6) is 1.08. The maximum atomic E-state index is 13.6. The molecule has 34 heavy (non-hydrogen) atoms. The third-order valence-corrected chi connectivity index (χ3v) is 6.15. The second-order valence-electron chi connectivity index (χ2n) is 8.48. The summed E-state index contributed by atoms with van der Waals surface area (Å²) in [7, 11) is 0. The van der Waals surface area contributed by atoms with Gasteiger partial charge in [0.1, 0.15) is 17.2 Å². The second-order valence-corrected chi connectivity index (χ2v) is 8.48. The smallest absolute Gasteiger partial charge is 0.257 e. The van der Waals surface area contributed by atoms with Gasteiger partial charge in [-0.05, 0) is 72.0 Å². The van der Waals surface area contributed by atoms with Crippen molar-refractivity contribution in [2.45, 2.75) is 18.9 Å². The Morgan fingerprint density at radius 2 is 1.85 bits per heavy atom. The summed E-state index contributed by atoms with van der Waals surface area (Å²) in [6.07, 6.45) is 1.31. The number of phenolic OH excluding ortho intramolecular Hbond substituents is 1. The van der Waals surface area contributed by atoms with Gasteiger partial charge in [-0.1, -0.05) is 24.3 Å². The fraction of sp³-hybridized carbons (Fsp3) is 0.259. The van der Waals surface area contributed by atoms with Crippen molar-refractivity contribution in [3.63, 3.8) is 0 Å². The average Bonchev–Trinajstić information content (AvgIpc) is 2.85. The Kier molecular flexibility index (Phi) is 6.08. The summed E-state index contributed by atoms with van der Waals surface area (Å²) >= 11 is 0. The number of amides is 2. The second kappa shape index (κ2) is 9.47. The molecule has 3 aromatic carbocycles. The molecule has 1 atom stereocenters. The lowest BCUT2D eigenvalue weighted by Gasteiger charge is -2.38. The fourth-order valence-electron chi connectivity index (χ4n) is 4.54. The van der Waals surface area contributed by atoms with Gasteiger partial charge in [0.05, 0.1) is 12.6 Å². The lowest BCUT2D eigenvalue weighted by molar-refractivity contribution is -0.123. The molecule has 3 aliphatic heterocycles. The van der Waals surface area contributed by atoms with Crippen LogP contribution in [0.3, 0.4) is 0 Å². The Balaban J connectivity index is 1.58. The van der Waals surface area contributed by atoms with E-state index in [4.69, 9.17) is 9.47 Å². The maximum Gasteiger partial charge on any atom is 0.257 e. The van der Waals surface area contributed by atoms with Crippen molar-refractivity contribution in [1.82, 2.24) is 10.2 Å². The zero-order chi connectivity index (χ0) is 23.5. The summed E-state index contributed by atoms with van der Waals surface area (Å²) in [6, 6.07) is 19.7. The summed E-state index contributed by atoms with van der Waals surface area (Å²) in [5.41, 5.74) is 3.46. The number of nitrogens with zero attached hydrogens (tertiary/aromatic N) is 1. The predicted octanol–water partition coefficient (Wildman–Crippen LogP) is 3.46. The van der Waals surface area contributed by atoms with Crippen LogP contribution in [-0.2, 0) is 11.2 Å². The molecule has 0 aliphatic carbocycles. The van der Waals surface area contributed by atoms with Gasteiger partial charge in [-0.15, -0.1) is 0 Å². The van der Waals surface area contributed by atoms with E-state index in [-0.39, 0.29) is 30.2 Å². The summed E-state index contributed by atoms with van der Waals surface area (Å²) in [4.78, 5) is 27.5. The highest BCUT2D eigenvalue weighted by molar-refractivity contribution is 5.95. The van der Waals surface area contributed by atoms with Gasteiger partial charge < -0.3 is 24.8 Å². The van der Waals surface area contributed by atoms with Crippen LogP contribution >= 0.6 is 0 Å². The van der Waals surface area contributed by atoms with Crippen molar-refractivity contribution in [2.75, 3.05) is 26.3 Å². The molecule has 0 radical (unpaired) electrons. The lowest BCUT2D eigenvalue weighted by Crippen LogP contribution is -2.40. The van der Waals surface area contributed by atoms with Crippen LogP contribution in [0.2, 0.25) is 0 Å². The first kappa shape index (κ1) is 21.8. The summed E-state index contributed by atoms with van der Waals surface area (Å²) in [5, 5.41) is 12.8. The Morgan fingerprint density at radius 1 is 1.00 bits per heavy atom. The Bertz CT molecular complexity index is 1230. The summed E-state index contributed by atoms with van der Waals surface area (Å²) < 4.78 is 11.7. The molecule has 2 amide bonds. The monoisotopic (exact) mass is 458 g/mol. The Hall–Kier alpha value is -4.00. The fourth-order valence-corrected chi connectivity index (χ4v) is 4.54. The van der Waals surface area contributed by atoms with Crippen LogP contribution in [0, 0.1) is 0 Å². The molecule has 3 heterocycles. The van der Waals surface area contributed by atoms with E-state index < -0.39 is 0 Å². The number of carbonyl (C=O) groups is 2. The van der Waals surface area contributed by atoms with Crippen LogP contribution in [-0.4, -0.2) is 48.1 Å². The molecular formula is C27H26N2O5. The van der Waals surface area contributed by atoms with E-state index in [9.17, 15) is 14.7 Å². The number of hydrogen-bond acceptors (Lipinski definition) is 5. The highest BCUT2D eigenvalue weighted by atomic mass is 16.5. The quantitative estimate of drug-likeness (QED) is 0.583. The third-order valence-electron chi connectivity index (χ3n) is 6.15. The van der Waals surface area contributed by atoms with Gasteiger partial charge >= 0.3 is 0 Å². The number of hydrogen-bond donors (Lipinski definition) is 2. The average molecular weight is 459 g/mol. The molecule has 2 N–H and O–H groups in total. The molecule has 3 aromatic rings. The van der Waals surface area contributed by atoms with Crippen LogP contribution in [0.5, 0.6) is 17.2 Å². The minimum absolute atomic E-state index is 0.0514. The van der Waals surface area contributed by atoms with Crippen LogP contribution in [0.25, 0.3) is 0 Å². The Labute approximate surface area is 197 Å². The Morgan fingerprint density at radius 3 is 2.74 bits per heavy atom. The van der Waals surface area contributed by atoms with Crippen LogP contribution in [0.4, 0.5) is 0 Å². The van der Waals surface area contributed by atoms with E-state index in [1.165, 1.54) is 6.07 Å². The molecule has 7 nitrogen and oxygen atoms in total. The number of ether oxygens (including phenoxy) is 2. The minimum Gasteiger partial charge on any atom is -0.508 e. The number of rotatable bonds is 1. The van der Waals surface area contributed by atoms with Crippen LogP contribution in [0.15, 0.2) is 66.7 Å².